The zero-order valence-corrected chi connectivity index (χ0v) is 22.4. The van der Waals surface area contributed by atoms with Crippen LogP contribution >= 0.6 is 0 Å². The minimum Gasteiger partial charge on any atom is -0.404 e. The van der Waals surface area contributed by atoms with E-state index in [-0.39, 0.29) is 5.91 Å². The van der Waals surface area contributed by atoms with Crippen molar-refractivity contribution in [3.8, 4) is 0 Å². The average molecular weight is 509 g/mol. The lowest BCUT2D eigenvalue weighted by molar-refractivity contribution is 0.0930. The average Bonchev–Trinajstić information content (AvgIpc) is 3.46. The van der Waals surface area contributed by atoms with Crippen LogP contribution in [0.1, 0.15) is 40.0 Å². The van der Waals surface area contributed by atoms with E-state index < -0.39 is 5.54 Å². The summed E-state index contributed by atoms with van der Waals surface area (Å²) in [6, 6.07) is 16.5. The number of benzene rings is 2. The van der Waals surface area contributed by atoms with Crippen LogP contribution < -0.4 is 16.0 Å². The summed E-state index contributed by atoms with van der Waals surface area (Å²) < 4.78 is 0. The Morgan fingerprint density at radius 3 is 2.53 bits per heavy atom. The van der Waals surface area contributed by atoms with Crippen LogP contribution in [0.25, 0.3) is 16.5 Å². The molecular weight excluding hydrogens is 472 g/mol. The van der Waals surface area contributed by atoms with Crippen LogP contribution in [0.5, 0.6) is 0 Å². The molecule has 0 radical (unpaired) electrons. The van der Waals surface area contributed by atoms with Gasteiger partial charge in [0.15, 0.2) is 0 Å². The molecule has 6 rings (SSSR count). The van der Waals surface area contributed by atoms with Crippen molar-refractivity contribution in [1.82, 2.24) is 15.2 Å². The Balaban J connectivity index is 1.30. The number of likely N-dealkylation sites (tertiary alicyclic amines) is 1. The van der Waals surface area contributed by atoms with Crippen molar-refractivity contribution in [2.75, 3.05) is 45.2 Å². The fourth-order valence-corrected chi connectivity index (χ4v) is 6.41. The lowest BCUT2D eigenvalue weighted by atomic mass is 9.96. The molecule has 3 aliphatic rings. The number of fused-ring (bicyclic) bond motifs is 2. The van der Waals surface area contributed by atoms with E-state index in [0.717, 1.165) is 83.6 Å². The van der Waals surface area contributed by atoms with Crippen molar-refractivity contribution in [2.45, 2.75) is 25.3 Å². The molecule has 3 heterocycles. The second-order valence-electron chi connectivity index (χ2n) is 11.3. The molecule has 3 aromatic rings. The third-order valence-corrected chi connectivity index (χ3v) is 8.58. The molecule has 2 unspecified atom stereocenters. The number of rotatable bonds is 6. The van der Waals surface area contributed by atoms with Gasteiger partial charge in [0, 0.05) is 67.9 Å². The highest BCUT2D eigenvalue weighted by Gasteiger charge is 2.47. The number of hydrogen-bond donors (Lipinski definition) is 2. The number of carbonyl (C=O) groups is 1. The van der Waals surface area contributed by atoms with Gasteiger partial charge in [-0.2, -0.15) is 0 Å². The van der Waals surface area contributed by atoms with Crippen LogP contribution in [0.15, 0.2) is 59.7 Å². The van der Waals surface area contributed by atoms with Crippen molar-refractivity contribution >= 4 is 34.3 Å². The van der Waals surface area contributed by atoms with Gasteiger partial charge in [-0.25, -0.2) is 4.98 Å². The number of nitrogens with zero attached hydrogens (tertiary/aromatic N) is 4. The number of aromatic nitrogens is 1. The number of hydrogen-bond acceptors (Lipinski definition) is 6. The molecular formula is C31H36N6O. The van der Waals surface area contributed by atoms with Gasteiger partial charge < -0.3 is 20.9 Å². The first kappa shape index (κ1) is 24.6. The van der Waals surface area contributed by atoms with Crippen LogP contribution in [0.2, 0.25) is 0 Å². The molecule has 1 amide bonds. The minimum absolute atomic E-state index is 0.0203. The van der Waals surface area contributed by atoms with Gasteiger partial charge in [0.1, 0.15) is 0 Å². The van der Waals surface area contributed by atoms with Crippen LogP contribution in [0.4, 0.5) is 5.69 Å². The molecule has 7 nitrogen and oxygen atoms in total. The highest BCUT2D eigenvalue weighted by molar-refractivity contribution is 6.09. The number of carbonyl (C=O) groups excluding carboxylic acids is 1. The summed E-state index contributed by atoms with van der Waals surface area (Å²) >= 11 is 0. The van der Waals surface area contributed by atoms with E-state index >= 15 is 0 Å². The van der Waals surface area contributed by atoms with E-state index in [1.807, 2.05) is 25.1 Å². The van der Waals surface area contributed by atoms with E-state index in [1.165, 1.54) is 6.20 Å². The quantitative estimate of drug-likeness (QED) is 0.492. The third kappa shape index (κ3) is 4.35. The molecule has 1 saturated carbocycles. The fourth-order valence-electron chi connectivity index (χ4n) is 6.41. The molecule has 0 bridgehead atoms. The van der Waals surface area contributed by atoms with Gasteiger partial charge in [0.25, 0.3) is 5.91 Å². The summed E-state index contributed by atoms with van der Waals surface area (Å²) in [7, 11) is 3.93. The molecule has 7 heteroatoms. The molecule has 2 saturated heterocycles. The first-order valence-corrected chi connectivity index (χ1v) is 13.5. The first-order chi connectivity index (χ1) is 18.4. The van der Waals surface area contributed by atoms with E-state index in [9.17, 15) is 4.79 Å². The van der Waals surface area contributed by atoms with Crippen molar-refractivity contribution < 1.29 is 4.79 Å². The Labute approximate surface area is 224 Å². The predicted molar refractivity (Wildman–Crippen MR) is 155 cm³/mol. The van der Waals surface area contributed by atoms with Gasteiger partial charge in [-0.1, -0.05) is 24.3 Å². The van der Waals surface area contributed by atoms with Crippen molar-refractivity contribution in [1.29, 1.82) is 0 Å². The van der Waals surface area contributed by atoms with Gasteiger partial charge in [0.2, 0.25) is 0 Å². The normalized spacial score (nSPS) is 22.8. The van der Waals surface area contributed by atoms with Crippen molar-refractivity contribution in [2.24, 2.45) is 22.6 Å². The first-order valence-electron chi connectivity index (χ1n) is 13.5. The standard InChI is InChI=1S/C31H36N6O/c1-20-8-9-24(37-18-22-16-36(3)17-23(22)19-37)12-26(20)30(38)35-31(10-11-31)27-13-29(21(14-32)15-33-2)34-28-7-5-4-6-25(27)28/h4-9,12-15,22-23H,10-11,16-19,32H2,1-3H3,(H,35,38)/b21-14+,33-15?. The molecule has 2 atom stereocenters. The van der Waals surface area contributed by atoms with Crippen molar-refractivity contribution in [3.63, 3.8) is 0 Å². The summed E-state index contributed by atoms with van der Waals surface area (Å²) in [6.07, 6.45) is 5.03. The maximum absolute atomic E-state index is 13.8. The Morgan fingerprint density at radius 2 is 1.84 bits per heavy atom. The summed E-state index contributed by atoms with van der Waals surface area (Å²) in [5, 5.41) is 4.49. The predicted octanol–water partition coefficient (Wildman–Crippen LogP) is 3.96. The molecule has 3 N–H and O–H groups in total. The minimum atomic E-state index is -0.421. The lowest BCUT2D eigenvalue weighted by Crippen LogP contribution is -2.35. The van der Waals surface area contributed by atoms with Crippen LogP contribution in [-0.4, -0.2) is 62.3 Å². The molecule has 2 aromatic carbocycles. The number of aryl methyl sites for hydroxylation is 1. The summed E-state index contributed by atoms with van der Waals surface area (Å²) in [6.45, 7) is 6.47. The van der Waals surface area contributed by atoms with Crippen LogP contribution in [-0.2, 0) is 5.54 Å². The third-order valence-electron chi connectivity index (χ3n) is 8.58. The number of pyridine rings is 1. The number of nitrogens with one attached hydrogen (secondary N) is 1. The van der Waals surface area contributed by atoms with Crippen LogP contribution in [0, 0.1) is 18.8 Å². The summed E-state index contributed by atoms with van der Waals surface area (Å²) in [4.78, 5) is 27.7. The zero-order chi connectivity index (χ0) is 26.4. The summed E-state index contributed by atoms with van der Waals surface area (Å²) in [5.41, 5.74) is 11.9. The summed E-state index contributed by atoms with van der Waals surface area (Å²) in [5.74, 6) is 1.41. The SMILES string of the molecule is CN=C/C(=C\N)c1cc(C2(NC(=O)c3cc(N4CC5CN(C)CC5C4)ccc3C)CC2)c2ccccc2n1. The maximum Gasteiger partial charge on any atom is 0.252 e. The van der Waals surface area contributed by atoms with Gasteiger partial charge in [-0.05, 0) is 74.0 Å². The Bertz CT molecular complexity index is 1440. The molecule has 2 aliphatic heterocycles. The fraction of sp³-hybridized carbons (Fsp3) is 0.387. The number of anilines is 1. The maximum atomic E-state index is 13.8. The Morgan fingerprint density at radius 1 is 1.11 bits per heavy atom. The molecule has 3 fully saturated rings. The molecule has 1 aromatic heterocycles. The second-order valence-corrected chi connectivity index (χ2v) is 11.3. The zero-order valence-electron chi connectivity index (χ0n) is 22.4. The van der Waals surface area contributed by atoms with Gasteiger partial charge in [-0.15, -0.1) is 0 Å². The number of nitrogens with two attached hydrogens (primary N) is 1. The van der Waals surface area contributed by atoms with Gasteiger partial charge in [-0.3, -0.25) is 9.79 Å². The monoisotopic (exact) mass is 508 g/mol. The van der Waals surface area contributed by atoms with E-state index in [0.29, 0.717) is 11.8 Å². The second kappa shape index (κ2) is 9.55. The van der Waals surface area contributed by atoms with E-state index in [2.05, 4.69) is 57.5 Å². The van der Waals surface area contributed by atoms with E-state index in [4.69, 9.17) is 10.7 Å². The van der Waals surface area contributed by atoms with Gasteiger partial charge in [0.05, 0.1) is 16.7 Å². The highest BCUT2D eigenvalue weighted by Crippen LogP contribution is 2.48. The lowest BCUT2D eigenvalue weighted by Gasteiger charge is -2.24. The largest absolute Gasteiger partial charge is 0.404 e. The smallest absolute Gasteiger partial charge is 0.252 e. The van der Waals surface area contributed by atoms with Crippen LogP contribution in [0.3, 0.4) is 0 Å². The number of aliphatic imine (C=N–C) groups is 1. The van der Waals surface area contributed by atoms with Gasteiger partial charge >= 0.3 is 0 Å². The molecule has 196 valence electrons. The highest BCUT2D eigenvalue weighted by atomic mass is 16.1. The van der Waals surface area contributed by atoms with E-state index in [1.54, 1.807) is 13.3 Å². The molecule has 0 spiro atoms. The molecule has 1 aliphatic carbocycles. The van der Waals surface area contributed by atoms with Crippen molar-refractivity contribution in [3.05, 3.63) is 77.1 Å². The Hall–Kier alpha value is -3.71. The number of amides is 1. The number of allylic oxidation sites excluding steroid dienone is 1. The topological polar surface area (TPSA) is 86.8 Å². The number of para-hydroxylation sites is 1. The molecule has 38 heavy (non-hydrogen) atoms. The Kier molecular flexibility index (Phi) is 6.19.